The first-order valence-electron chi connectivity index (χ1n) is 8.10. The number of nitrogens with zero attached hydrogens (tertiary/aromatic N) is 4. The first-order chi connectivity index (χ1) is 13.5. The van der Waals surface area contributed by atoms with Gasteiger partial charge in [0.15, 0.2) is 5.82 Å². The van der Waals surface area contributed by atoms with Crippen molar-refractivity contribution >= 4 is 40.6 Å². The molecule has 1 N–H and O–H groups in total. The van der Waals surface area contributed by atoms with E-state index in [1.165, 1.54) is 22.2 Å². The molecule has 0 spiro atoms. The van der Waals surface area contributed by atoms with Crippen molar-refractivity contribution in [3.05, 3.63) is 68.7 Å². The molecule has 142 valence electrons. The number of fused-ring (bicyclic) bond motifs is 1. The fraction of sp³-hybridized carbons (Fsp3) is 0.111. The number of hydrogen-bond donors (Lipinski definition) is 1. The molecule has 7 nitrogen and oxygen atoms in total. The lowest BCUT2D eigenvalue weighted by molar-refractivity contribution is 0.416. The highest BCUT2D eigenvalue weighted by Crippen LogP contribution is 2.31. The molecule has 0 saturated carbocycles. The molecule has 0 aliphatic heterocycles. The van der Waals surface area contributed by atoms with Crippen molar-refractivity contribution in [2.45, 2.75) is 10.9 Å². The number of ether oxygens (including phenoxy) is 1. The third-order valence-corrected chi connectivity index (χ3v) is 5.25. The topological polar surface area (TPSA) is 85.2 Å². The maximum Gasteiger partial charge on any atom is 0.258 e. The van der Waals surface area contributed by atoms with Crippen LogP contribution in [-0.4, -0.2) is 31.7 Å². The minimum atomic E-state index is -0.192. The molecular weight excluding hydrogens is 421 g/mol. The van der Waals surface area contributed by atoms with Crippen LogP contribution in [0.25, 0.3) is 17.0 Å². The van der Waals surface area contributed by atoms with Gasteiger partial charge >= 0.3 is 0 Å². The number of aromatic nitrogens is 5. The van der Waals surface area contributed by atoms with Gasteiger partial charge in [-0.15, -0.1) is 5.10 Å². The highest BCUT2D eigenvalue weighted by atomic mass is 35.5. The summed E-state index contributed by atoms with van der Waals surface area (Å²) in [6.45, 7) is 0. The summed E-state index contributed by atoms with van der Waals surface area (Å²) in [5.41, 5.74) is 1.69. The van der Waals surface area contributed by atoms with Crippen LogP contribution >= 0.6 is 35.0 Å². The summed E-state index contributed by atoms with van der Waals surface area (Å²) in [5, 5.41) is 8.66. The van der Waals surface area contributed by atoms with Crippen molar-refractivity contribution in [1.29, 1.82) is 0 Å². The molecule has 3 heterocycles. The average Bonchev–Trinajstić information content (AvgIpc) is 3.16. The van der Waals surface area contributed by atoms with E-state index in [-0.39, 0.29) is 5.56 Å². The van der Waals surface area contributed by atoms with E-state index >= 15 is 0 Å². The zero-order chi connectivity index (χ0) is 19.7. The van der Waals surface area contributed by atoms with Gasteiger partial charge in [-0.2, -0.15) is 0 Å². The van der Waals surface area contributed by atoms with Crippen LogP contribution in [-0.2, 0) is 5.75 Å². The summed E-state index contributed by atoms with van der Waals surface area (Å²) in [7, 11) is 1.58. The molecule has 0 aliphatic carbocycles. The Balaban J connectivity index is 1.56. The van der Waals surface area contributed by atoms with Gasteiger partial charge in [-0.1, -0.05) is 35.0 Å². The molecule has 0 atom stereocenters. The van der Waals surface area contributed by atoms with Gasteiger partial charge in [0.05, 0.1) is 23.4 Å². The van der Waals surface area contributed by atoms with Gasteiger partial charge < -0.3 is 4.74 Å². The van der Waals surface area contributed by atoms with Crippen LogP contribution in [0.4, 0.5) is 0 Å². The van der Waals surface area contributed by atoms with Crippen LogP contribution in [0.1, 0.15) is 5.69 Å². The lowest BCUT2D eigenvalue weighted by atomic mass is 10.2. The second-order valence-electron chi connectivity index (χ2n) is 5.76. The summed E-state index contributed by atoms with van der Waals surface area (Å²) >= 11 is 13.4. The van der Waals surface area contributed by atoms with Gasteiger partial charge in [0.25, 0.3) is 5.56 Å². The van der Waals surface area contributed by atoms with Crippen LogP contribution in [0, 0.1) is 0 Å². The van der Waals surface area contributed by atoms with Crippen molar-refractivity contribution in [3.63, 3.8) is 0 Å². The highest BCUT2D eigenvalue weighted by molar-refractivity contribution is 7.98. The summed E-state index contributed by atoms with van der Waals surface area (Å²) in [6, 6.07) is 10.1. The fourth-order valence-electron chi connectivity index (χ4n) is 2.64. The summed E-state index contributed by atoms with van der Waals surface area (Å²) in [5.74, 6) is 1.63. The Kier molecular flexibility index (Phi) is 5.25. The lowest BCUT2D eigenvalue weighted by Gasteiger charge is -2.05. The van der Waals surface area contributed by atoms with Crippen LogP contribution in [0.2, 0.25) is 10.0 Å². The van der Waals surface area contributed by atoms with E-state index in [0.717, 1.165) is 0 Å². The lowest BCUT2D eigenvalue weighted by Crippen LogP contribution is -2.15. The monoisotopic (exact) mass is 433 g/mol. The van der Waals surface area contributed by atoms with Gasteiger partial charge in [-0.3, -0.25) is 14.3 Å². The molecule has 0 fully saturated rings. The van der Waals surface area contributed by atoms with Crippen molar-refractivity contribution < 1.29 is 4.74 Å². The molecule has 0 saturated heterocycles. The van der Waals surface area contributed by atoms with E-state index < -0.39 is 0 Å². The van der Waals surface area contributed by atoms with Crippen LogP contribution in [0.5, 0.6) is 5.75 Å². The Labute approximate surface area is 173 Å². The number of hydrogen-bond acceptors (Lipinski definition) is 6. The van der Waals surface area contributed by atoms with Crippen molar-refractivity contribution in [1.82, 2.24) is 24.6 Å². The number of H-pyrrole nitrogens is 1. The van der Waals surface area contributed by atoms with Gasteiger partial charge in [-0.05, 0) is 30.3 Å². The number of thioether (sulfide) groups is 1. The van der Waals surface area contributed by atoms with E-state index in [1.807, 2.05) is 0 Å². The maximum absolute atomic E-state index is 12.2. The zero-order valence-electron chi connectivity index (χ0n) is 14.5. The van der Waals surface area contributed by atoms with E-state index in [9.17, 15) is 4.79 Å². The first-order valence-corrected chi connectivity index (χ1v) is 9.84. The Hall–Kier alpha value is -2.55. The van der Waals surface area contributed by atoms with Gasteiger partial charge in [0.1, 0.15) is 11.4 Å². The number of nitrogens with one attached hydrogen (secondary N) is 1. The highest BCUT2D eigenvalue weighted by Gasteiger charge is 2.13. The molecule has 4 rings (SSSR count). The van der Waals surface area contributed by atoms with Crippen LogP contribution in [0.3, 0.4) is 0 Å². The summed E-state index contributed by atoms with van der Waals surface area (Å²) < 4.78 is 6.76. The fourth-order valence-corrected chi connectivity index (χ4v) is 3.66. The number of benzene rings is 1. The van der Waals surface area contributed by atoms with Crippen molar-refractivity contribution in [3.8, 4) is 17.1 Å². The van der Waals surface area contributed by atoms with E-state index in [2.05, 4.69) is 20.2 Å². The normalized spacial score (nSPS) is 11.1. The maximum atomic E-state index is 12.2. The second kappa shape index (κ2) is 7.83. The molecular formula is C18H13Cl2N5O2S. The second-order valence-corrected chi connectivity index (χ2v) is 7.58. The van der Waals surface area contributed by atoms with Gasteiger partial charge in [-0.25, -0.2) is 9.97 Å². The van der Waals surface area contributed by atoms with Crippen LogP contribution < -0.4 is 10.3 Å². The Morgan fingerprint density at radius 3 is 2.79 bits per heavy atom. The molecule has 0 radical (unpaired) electrons. The molecule has 0 aliphatic rings. The Morgan fingerprint density at radius 1 is 1.14 bits per heavy atom. The minimum Gasteiger partial charge on any atom is -0.496 e. The third-order valence-electron chi connectivity index (χ3n) is 3.91. The summed E-state index contributed by atoms with van der Waals surface area (Å²) in [6.07, 6.45) is 1.54. The third kappa shape index (κ3) is 3.84. The zero-order valence-corrected chi connectivity index (χ0v) is 16.8. The molecule has 0 amide bonds. The molecule has 0 bridgehead atoms. The van der Waals surface area contributed by atoms with Crippen molar-refractivity contribution in [2.24, 2.45) is 0 Å². The van der Waals surface area contributed by atoms with Crippen molar-refractivity contribution in [2.75, 3.05) is 7.11 Å². The smallest absolute Gasteiger partial charge is 0.258 e. The molecule has 1 aromatic carbocycles. The molecule has 10 heteroatoms. The van der Waals surface area contributed by atoms with E-state index in [0.29, 0.717) is 49.4 Å². The number of methoxy groups -OCH3 is 1. The molecule has 4 aromatic rings. The predicted octanol–water partition coefficient (Wildman–Crippen LogP) is 4.09. The largest absolute Gasteiger partial charge is 0.496 e. The number of pyridine rings is 1. The van der Waals surface area contributed by atoms with Crippen LogP contribution in [0.15, 0.2) is 52.5 Å². The number of rotatable bonds is 5. The average molecular weight is 434 g/mol. The predicted molar refractivity (Wildman–Crippen MR) is 109 cm³/mol. The minimum absolute atomic E-state index is 0.192. The number of aromatic amines is 1. The molecule has 3 aromatic heterocycles. The standard InChI is InChI=1S/C18H13Cl2N5O2S/c1-27-14-4-2-10(19)6-13(14)17-22-18(24-23-17)28-9-12-7-16(26)25-8-11(20)3-5-15(25)21-12/h2-8H,9H2,1H3,(H,22,23,24). The quantitative estimate of drug-likeness (QED) is 0.477. The Morgan fingerprint density at radius 2 is 1.96 bits per heavy atom. The van der Waals surface area contributed by atoms with E-state index in [1.54, 1.807) is 43.6 Å². The SMILES string of the molecule is COc1ccc(Cl)cc1-c1nc(SCc2cc(=O)n3cc(Cl)ccc3n2)n[nH]1. The number of halogens is 2. The Bertz CT molecular complexity index is 1220. The first kappa shape index (κ1) is 18.8. The molecule has 0 unspecified atom stereocenters. The molecule has 28 heavy (non-hydrogen) atoms. The van der Waals surface area contributed by atoms with Gasteiger partial charge in [0, 0.05) is 23.0 Å². The van der Waals surface area contributed by atoms with Gasteiger partial charge in [0.2, 0.25) is 5.16 Å². The van der Waals surface area contributed by atoms with E-state index in [4.69, 9.17) is 27.9 Å². The summed E-state index contributed by atoms with van der Waals surface area (Å²) in [4.78, 5) is 21.2.